The fourth-order valence-corrected chi connectivity index (χ4v) is 2.52. The van der Waals surface area contributed by atoms with Crippen LogP contribution < -0.4 is 5.32 Å². The van der Waals surface area contributed by atoms with Gasteiger partial charge in [-0.2, -0.15) is 0 Å². The molecule has 1 N–H and O–H groups in total. The maximum Gasteiger partial charge on any atom is 0.251 e. The number of pyridine rings is 1. The van der Waals surface area contributed by atoms with E-state index in [4.69, 9.17) is 16.3 Å². The third kappa shape index (κ3) is 4.68. The molecule has 1 aliphatic heterocycles. The van der Waals surface area contributed by atoms with Crippen LogP contribution in [0, 0.1) is 5.92 Å². The van der Waals surface area contributed by atoms with Crippen molar-refractivity contribution >= 4 is 17.5 Å². The lowest BCUT2D eigenvalue weighted by atomic mass is 9.91. The van der Waals surface area contributed by atoms with Crippen molar-refractivity contribution in [2.45, 2.75) is 39.0 Å². The monoisotopic (exact) mass is 310 g/mol. The molecule has 4 nitrogen and oxygen atoms in total. The van der Waals surface area contributed by atoms with E-state index in [-0.39, 0.29) is 11.3 Å². The summed E-state index contributed by atoms with van der Waals surface area (Å²) in [5.41, 5.74) is 1.26. The predicted octanol–water partition coefficient (Wildman–Crippen LogP) is 3.19. The van der Waals surface area contributed by atoms with Crippen LogP contribution in [0.2, 0.25) is 5.15 Å². The van der Waals surface area contributed by atoms with Crippen molar-refractivity contribution in [3.63, 3.8) is 0 Å². The van der Waals surface area contributed by atoms with Gasteiger partial charge in [0.15, 0.2) is 0 Å². The number of ether oxygens (including phenoxy) is 1. The molecular formula is C16H23ClN2O2. The quantitative estimate of drug-likeness (QED) is 0.869. The molecule has 0 saturated carbocycles. The summed E-state index contributed by atoms with van der Waals surface area (Å²) in [6, 6.07) is 3.44. The van der Waals surface area contributed by atoms with Crippen molar-refractivity contribution in [1.29, 1.82) is 0 Å². The minimum absolute atomic E-state index is 0.0938. The zero-order valence-corrected chi connectivity index (χ0v) is 13.7. The number of nitrogens with one attached hydrogen (secondary N) is 1. The summed E-state index contributed by atoms with van der Waals surface area (Å²) >= 11 is 6.03. The van der Waals surface area contributed by atoms with Gasteiger partial charge in [-0.05, 0) is 30.9 Å². The van der Waals surface area contributed by atoms with E-state index in [2.05, 4.69) is 10.3 Å². The second-order valence-corrected chi connectivity index (χ2v) is 6.98. The molecule has 0 radical (unpaired) electrons. The van der Waals surface area contributed by atoms with Gasteiger partial charge < -0.3 is 10.1 Å². The van der Waals surface area contributed by atoms with E-state index in [0.29, 0.717) is 23.2 Å². The molecule has 1 aromatic rings. The molecule has 0 spiro atoms. The molecule has 1 saturated heterocycles. The third-order valence-corrected chi connectivity index (χ3v) is 3.88. The first-order valence-corrected chi connectivity index (χ1v) is 7.78. The van der Waals surface area contributed by atoms with Crippen LogP contribution in [0.3, 0.4) is 0 Å². The number of nitrogens with zero attached hydrogens (tertiary/aromatic N) is 1. The molecule has 0 bridgehead atoms. The van der Waals surface area contributed by atoms with Gasteiger partial charge >= 0.3 is 0 Å². The lowest BCUT2D eigenvalue weighted by molar-refractivity contribution is 0.0950. The van der Waals surface area contributed by atoms with Crippen molar-refractivity contribution in [3.8, 4) is 0 Å². The molecule has 0 aliphatic carbocycles. The standard InChI is InChI=1S/C16H23ClN2O2/c1-16(2,3)13-8-12(9-14(17)19-13)15(20)18-6-4-11-5-7-21-10-11/h8-9,11H,4-7,10H2,1-3H3,(H,18,20). The number of carbonyl (C=O) groups excluding carboxylic acids is 1. The van der Waals surface area contributed by atoms with Crippen LogP contribution in [0.5, 0.6) is 0 Å². The molecule has 1 amide bonds. The topological polar surface area (TPSA) is 51.2 Å². The minimum atomic E-state index is -0.138. The van der Waals surface area contributed by atoms with Crippen molar-refractivity contribution in [2.24, 2.45) is 5.92 Å². The Morgan fingerprint density at radius 2 is 2.24 bits per heavy atom. The van der Waals surface area contributed by atoms with E-state index in [1.54, 1.807) is 6.07 Å². The highest BCUT2D eigenvalue weighted by molar-refractivity contribution is 6.29. The first kappa shape index (κ1) is 16.2. The zero-order chi connectivity index (χ0) is 15.5. The molecule has 116 valence electrons. The average molecular weight is 311 g/mol. The van der Waals surface area contributed by atoms with E-state index in [0.717, 1.165) is 31.7 Å². The number of hydrogen-bond donors (Lipinski definition) is 1. The van der Waals surface area contributed by atoms with Gasteiger partial charge in [0.1, 0.15) is 5.15 Å². The van der Waals surface area contributed by atoms with Crippen molar-refractivity contribution < 1.29 is 9.53 Å². The zero-order valence-electron chi connectivity index (χ0n) is 12.9. The Kier molecular flexibility index (Phi) is 5.22. The normalized spacial score (nSPS) is 18.8. The molecular weight excluding hydrogens is 288 g/mol. The summed E-state index contributed by atoms with van der Waals surface area (Å²) in [6.07, 6.45) is 2.04. The third-order valence-electron chi connectivity index (χ3n) is 3.69. The summed E-state index contributed by atoms with van der Waals surface area (Å²) in [7, 11) is 0. The smallest absolute Gasteiger partial charge is 0.251 e. The van der Waals surface area contributed by atoms with E-state index >= 15 is 0 Å². The molecule has 21 heavy (non-hydrogen) atoms. The van der Waals surface area contributed by atoms with E-state index in [1.807, 2.05) is 26.8 Å². The highest BCUT2D eigenvalue weighted by Gasteiger charge is 2.19. The highest BCUT2D eigenvalue weighted by atomic mass is 35.5. The summed E-state index contributed by atoms with van der Waals surface area (Å²) in [6.45, 7) is 8.46. The van der Waals surface area contributed by atoms with Crippen molar-refractivity contribution in [3.05, 3.63) is 28.5 Å². The number of carbonyl (C=O) groups is 1. The molecule has 1 unspecified atom stereocenters. The van der Waals surface area contributed by atoms with Crippen LogP contribution in [0.1, 0.15) is 49.7 Å². The van der Waals surface area contributed by atoms with Gasteiger partial charge in [0.25, 0.3) is 5.91 Å². The van der Waals surface area contributed by atoms with Crippen LogP contribution >= 0.6 is 11.6 Å². The molecule has 1 fully saturated rings. The minimum Gasteiger partial charge on any atom is -0.381 e. The molecule has 2 rings (SSSR count). The van der Waals surface area contributed by atoms with Crippen LogP contribution in [0.15, 0.2) is 12.1 Å². The number of hydrogen-bond acceptors (Lipinski definition) is 3. The summed E-state index contributed by atoms with van der Waals surface area (Å²) in [4.78, 5) is 16.5. The molecule has 0 aromatic carbocycles. The maximum absolute atomic E-state index is 12.2. The van der Waals surface area contributed by atoms with Crippen LogP contribution in [-0.4, -0.2) is 30.6 Å². The fourth-order valence-electron chi connectivity index (χ4n) is 2.32. The van der Waals surface area contributed by atoms with Gasteiger partial charge in [-0.1, -0.05) is 32.4 Å². The summed E-state index contributed by atoms with van der Waals surface area (Å²) in [5, 5.41) is 3.31. The SMILES string of the molecule is CC(C)(C)c1cc(C(=O)NCCC2CCOC2)cc(Cl)n1. The lowest BCUT2D eigenvalue weighted by Crippen LogP contribution is -2.27. The first-order chi connectivity index (χ1) is 9.86. The molecule has 1 aliphatic rings. The van der Waals surface area contributed by atoms with Crippen LogP contribution in [-0.2, 0) is 10.2 Å². The average Bonchev–Trinajstić information content (AvgIpc) is 2.90. The Labute approximate surface area is 131 Å². The van der Waals surface area contributed by atoms with E-state index in [9.17, 15) is 4.79 Å². The van der Waals surface area contributed by atoms with Crippen molar-refractivity contribution in [1.82, 2.24) is 10.3 Å². The Morgan fingerprint density at radius 3 is 2.86 bits per heavy atom. The lowest BCUT2D eigenvalue weighted by Gasteiger charge is -2.18. The molecule has 1 atom stereocenters. The Bertz CT molecular complexity index is 505. The van der Waals surface area contributed by atoms with Crippen molar-refractivity contribution in [2.75, 3.05) is 19.8 Å². The van der Waals surface area contributed by atoms with Gasteiger partial charge in [-0.25, -0.2) is 4.98 Å². The van der Waals surface area contributed by atoms with Gasteiger partial charge in [0, 0.05) is 36.4 Å². The summed E-state index contributed by atoms with van der Waals surface area (Å²) < 4.78 is 5.33. The number of halogens is 1. The Hall–Kier alpha value is -1.13. The second-order valence-electron chi connectivity index (χ2n) is 6.59. The number of aromatic nitrogens is 1. The number of rotatable bonds is 4. The first-order valence-electron chi connectivity index (χ1n) is 7.40. The van der Waals surface area contributed by atoms with Gasteiger partial charge in [0.2, 0.25) is 0 Å². The largest absolute Gasteiger partial charge is 0.381 e. The van der Waals surface area contributed by atoms with Crippen LogP contribution in [0.4, 0.5) is 0 Å². The van der Waals surface area contributed by atoms with Gasteiger partial charge in [-0.3, -0.25) is 4.79 Å². The van der Waals surface area contributed by atoms with E-state index < -0.39 is 0 Å². The fraction of sp³-hybridized carbons (Fsp3) is 0.625. The predicted molar refractivity (Wildman–Crippen MR) is 83.8 cm³/mol. The Balaban J connectivity index is 1.96. The number of amides is 1. The summed E-state index contributed by atoms with van der Waals surface area (Å²) in [5.74, 6) is 0.472. The second kappa shape index (κ2) is 6.75. The molecule has 2 heterocycles. The maximum atomic E-state index is 12.2. The molecule has 5 heteroatoms. The van der Waals surface area contributed by atoms with E-state index in [1.165, 1.54) is 0 Å². The van der Waals surface area contributed by atoms with Crippen LogP contribution in [0.25, 0.3) is 0 Å². The highest BCUT2D eigenvalue weighted by Crippen LogP contribution is 2.23. The molecule has 1 aromatic heterocycles. The Morgan fingerprint density at radius 1 is 1.48 bits per heavy atom. The van der Waals surface area contributed by atoms with Gasteiger partial charge in [-0.15, -0.1) is 0 Å². The van der Waals surface area contributed by atoms with Gasteiger partial charge in [0.05, 0.1) is 0 Å².